The Morgan fingerprint density at radius 2 is 2.27 bits per heavy atom. The third-order valence-electron chi connectivity index (χ3n) is 4.22. The summed E-state index contributed by atoms with van der Waals surface area (Å²) in [6.07, 6.45) is 7.17. The van der Waals surface area contributed by atoms with Crippen molar-refractivity contribution in [3.05, 3.63) is 29.5 Å². The lowest BCUT2D eigenvalue weighted by atomic mass is 10.1. The summed E-state index contributed by atoms with van der Waals surface area (Å²) < 4.78 is 0. The van der Waals surface area contributed by atoms with Crippen LogP contribution >= 0.6 is 0 Å². The number of hydrogen-bond acceptors (Lipinski definition) is 0. The second-order valence-electron chi connectivity index (χ2n) is 5.13. The maximum Gasteiger partial charge on any atom is 0.00555 e. The molecule has 0 radical (unpaired) electrons. The number of unbranched alkanes of at least 4 members (excludes halogenated alkanes) is 1. The van der Waals surface area contributed by atoms with Gasteiger partial charge < -0.3 is 0 Å². The predicted octanol–water partition coefficient (Wildman–Crippen LogP) is 4.49. The van der Waals surface area contributed by atoms with Gasteiger partial charge in [0.25, 0.3) is 0 Å². The molecular formula is C15H22. The fraction of sp³-hybridized carbons (Fsp3) is 0.667. The zero-order valence-corrected chi connectivity index (χ0v) is 10.3. The van der Waals surface area contributed by atoms with Crippen LogP contribution in [0.5, 0.6) is 0 Å². The molecule has 0 aromatic rings. The van der Waals surface area contributed by atoms with Crippen LogP contribution in [-0.4, -0.2) is 0 Å². The molecule has 2 fully saturated rings. The van der Waals surface area contributed by atoms with E-state index in [1.165, 1.54) is 30.4 Å². The van der Waals surface area contributed by atoms with Gasteiger partial charge in [-0.15, -0.1) is 5.73 Å². The molecule has 0 heteroatoms. The number of hydrogen-bond donors (Lipinski definition) is 0. The Morgan fingerprint density at radius 1 is 1.60 bits per heavy atom. The Morgan fingerprint density at radius 3 is 2.67 bits per heavy atom. The summed E-state index contributed by atoms with van der Waals surface area (Å²) in [7, 11) is 0. The molecule has 0 nitrogen and oxygen atoms in total. The quantitative estimate of drug-likeness (QED) is 0.465. The van der Waals surface area contributed by atoms with E-state index in [4.69, 9.17) is 0 Å². The largest absolute Gasteiger partial charge is 0.126 e. The molecule has 1 spiro atoms. The van der Waals surface area contributed by atoms with Gasteiger partial charge in [0.2, 0.25) is 0 Å². The summed E-state index contributed by atoms with van der Waals surface area (Å²) >= 11 is 0. The van der Waals surface area contributed by atoms with Crippen LogP contribution in [0.3, 0.4) is 0 Å². The molecule has 0 aromatic carbocycles. The highest BCUT2D eigenvalue weighted by molar-refractivity contribution is 5.47. The summed E-state index contributed by atoms with van der Waals surface area (Å²) in [4.78, 5) is 0. The Kier molecular flexibility index (Phi) is 2.64. The lowest BCUT2D eigenvalue weighted by molar-refractivity contribution is 0.697. The molecule has 3 atom stereocenters. The smallest absolute Gasteiger partial charge is 0.00555 e. The van der Waals surface area contributed by atoms with Crippen LogP contribution in [0.25, 0.3) is 0 Å². The highest BCUT2D eigenvalue weighted by Gasteiger charge is 2.73. The van der Waals surface area contributed by atoms with Gasteiger partial charge in [0.1, 0.15) is 0 Å². The summed E-state index contributed by atoms with van der Waals surface area (Å²) in [6, 6.07) is 0. The molecule has 0 heterocycles. The van der Waals surface area contributed by atoms with Crippen LogP contribution in [0.2, 0.25) is 0 Å². The summed E-state index contributed by atoms with van der Waals surface area (Å²) in [5, 5.41) is 0. The van der Waals surface area contributed by atoms with Crippen molar-refractivity contribution in [2.75, 3.05) is 0 Å². The Bertz CT molecular complexity index is 341. The molecule has 0 N–H and O–H groups in total. The van der Waals surface area contributed by atoms with Crippen LogP contribution in [0.4, 0.5) is 0 Å². The molecule has 3 unspecified atom stereocenters. The standard InChI is InChI=1S/C15H22/c1-5-7-8-9-11(3)14-13(6-2)15(14)10-12(15)4/h8,13-14H,4-7,10H2,1-3H3. The molecule has 82 valence electrons. The zero-order valence-electron chi connectivity index (χ0n) is 10.3. The van der Waals surface area contributed by atoms with Gasteiger partial charge in [-0.3, -0.25) is 0 Å². The van der Waals surface area contributed by atoms with E-state index >= 15 is 0 Å². The first-order chi connectivity index (χ1) is 7.18. The normalized spacial score (nSPS) is 36.3. The second kappa shape index (κ2) is 3.68. The van der Waals surface area contributed by atoms with Gasteiger partial charge in [-0.1, -0.05) is 38.8 Å². The molecular weight excluding hydrogens is 180 g/mol. The molecule has 2 saturated carbocycles. The third-order valence-corrected chi connectivity index (χ3v) is 4.22. The molecule has 0 aromatic heterocycles. The van der Waals surface area contributed by atoms with E-state index in [1.807, 2.05) is 0 Å². The van der Waals surface area contributed by atoms with E-state index in [-0.39, 0.29) is 0 Å². The molecule has 0 amide bonds. The molecule has 2 aliphatic rings. The van der Waals surface area contributed by atoms with Gasteiger partial charge in [-0.05, 0) is 37.3 Å². The van der Waals surface area contributed by atoms with Crippen LogP contribution in [-0.2, 0) is 0 Å². The van der Waals surface area contributed by atoms with Crippen molar-refractivity contribution >= 4 is 0 Å². The van der Waals surface area contributed by atoms with Crippen LogP contribution in [0.1, 0.15) is 46.5 Å². The third kappa shape index (κ3) is 1.52. The molecule has 2 rings (SSSR count). The van der Waals surface area contributed by atoms with Gasteiger partial charge >= 0.3 is 0 Å². The Hall–Kier alpha value is -0.740. The van der Waals surface area contributed by atoms with E-state index in [1.54, 1.807) is 0 Å². The molecule has 15 heavy (non-hydrogen) atoms. The van der Waals surface area contributed by atoms with Gasteiger partial charge in [0.05, 0.1) is 0 Å². The first-order valence-electron chi connectivity index (χ1n) is 6.28. The molecule has 0 aliphatic heterocycles. The first-order valence-corrected chi connectivity index (χ1v) is 6.28. The van der Waals surface area contributed by atoms with E-state index in [0.717, 1.165) is 18.3 Å². The predicted molar refractivity (Wildman–Crippen MR) is 65.6 cm³/mol. The fourth-order valence-corrected chi connectivity index (χ4v) is 3.31. The molecule has 0 bridgehead atoms. The van der Waals surface area contributed by atoms with Crippen molar-refractivity contribution < 1.29 is 0 Å². The summed E-state index contributed by atoms with van der Waals surface area (Å²) in [6.45, 7) is 10.9. The van der Waals surface area contributed by atoms with Gasteiger partial charge in [-0.2, -0.15) is 0 Å². The van der Waals surface area contributed by atoms with Gasteiger partial charge in [-0.25, -0.2) is 0 Å². The van der Waals surface area contributed by atoms with Crippen LogP contribution in [0.15, 0.2) is 29.5 Å². The summed E-state index contributed by atoms with van der Waals surface area (Å²) in [5.74, 6) is 1.66. The molecule has 2 aliphatic carbocycles. The SMILES string of the molecule is C=C1CC12C(CC)C2C(C)=C=CCCC. The minimum atomic E-state index is 0.548. The van der Waals surface area contributed by atoms with E-state index in [0.29, 0.717) is 5.41 Å². The Balaban J connectivity index is 2.07. The van der Waals surface area contributed by atoms with Crippen LogP contribution in [0, 0.1) is 17.3 Å². The average Bonchev–Trinajstić information content (AvgIpc) is 3.05. The summed E-state index contributed by atoms with van der Waals surface area (Å²) in [5.41, 5.74) is 6.99. The number of allylic oxidation sites excluding steroid dienone is 2. The highest BCUT2D eigenvalue weighted by atomic mass is 14.8. The minimum Gasteiger partial charge on any atom is -0.126 e. The van der Waals surface area contributed by atoms with Crippen molar-refractivity contribution in [2.24, 2.45) is 17.3 Å². The van der Waals surface area contributed by atoms with Crippen molar-refractivity contribution in [3.8, 4) is 0 Å². The topological polar surface area (TPSA) is 0 Å². The maximum atomic E-state index is 4.16. The van der Waals surface area contributed by atoms with E-state index < -0.39 is 0 Å². The van der Waals surface area contributed by atoms with Crippen molar-refractivity contribution in [1.29, 1.82) is 0 Å². The molecule has 0 saturated heterocycles. The maximum absolute atomic E-state index is 4.16. The number of rotatable bonds is 4. The highest BCUT2D eigenvalue weighted by Crippen LogP contribution is 2.80. The lowest BCUT2D eigenvalue weighted by Gasteiger charge is -1.93. The van der Waals surface area contributed by atoms with Gasteiger partial charge in [0, 0.05) is 11.3 Å². The fourth-order valence-electron chi connectivity index (χ4n) is 3.31. The lowest BCUT2D eigenvalue weighted by Crippen LogP contribution is -1.82. The van der Waals surface area contributed by atoms with Crippen LogP contribution < -0.4 is 0 Å². The second-order valence-corrected chi connectivity index (χ2v) is 5.13. The van der Waals surface area contributed by atoms with E-state index in [9.17, 15) is 0 Å². The first kappa shape index (κ1) is 10.8. The monoisotopic (exact) mass is 202 g/mol. The van der Waals surface area contributed by atoms with Crippen molar-refractivity contribution in [3.63, 3.8) is 0 Å². The van der Waals surface area contributed by atoms with E-state index in [2.05, 4.69) is 39.2 Å². The van der Waals surface area contributed by atoms with Crippen molar-refractivity contribution in [2.45, 2.75) is 46.5 Å². The van der Waals surface area contributed by atoms with Gasteiger partial charge in [0.15, 0.2) is 0 Å². The minimum absolute atomic E-state index is 0.548. The zero-order chi connectivity index (χ0) is 11.1. The Labute approximate surface area is 93.8 Å². The van der Waals surface area contributed by atoms with Crippen molar-refractivity contribution in [1.82, 2.24) is 0 Å². The average molecular weight is 202 g/mol.